The molecule has 3 fully saturated rings. The second kappa shape index (κ2) is 7.57. The summed E-state index contributed by atoms with van der Waals surface area (Å²) < 4.78 is 12.5. The third-order valence-corrected chi connectivity index (χ3v) is 13.3. The van der Waals surface area contributed by atoms with Gasteiger partial charge in [0.05, 0.1) is 0 Å². The Kier molecular flexibility index (Phi) is 5.97. The van der Waals surface area contributed by atoms with Crippen molar-refractivity contribution in [2.75, 3.05) is 0 Å². The van der Waals surface area contributed by atoms with Crippen LogP contribution in [0.3, 0.4) is 0 Å². The molecule has 28 heavy (non-hydrogen) atoms. The Balaban J connectivity index is 1.69. The van der Waals surface area contributed by atoms with Crippen LogP contribution in [0, 0.1) is 23.2 Å². The highest BCUT2D eigenvalue weighted by Crippen LogP contribution is 2.59. The quantitative estimate of drug-likeness (QED) is 0.297. The first-order valence-electron chi connectivity index (χ1n) is 11.4. The third-order valence-electron chi connectivity index (χ3n) is 8.75. The van der Waals surface area contributed by atoms with Crippen LogP contribution >= 0.6 is 0 Å². The van der Waals surface area contributed by atoms with E-state index in [-0.39, 0.29) is 17.1 Å². The number of hydrogen-bond donors (Lipinski definition) is 0. The molecule has 0 spiro atoms. The van der Waals surface area contributed by atoms with Crippen LogP contribution in [0.2, 0.25) is 18.1 Å². The molecule has 0 aromatic carbocycles. The lowest BCUT2D eigenvalue weighted by molar-refractivity contribution is -0.139. The SMILES string of the molecule is C=C1C[C@H](C[C@@H](C)[C@H]2CCC3C(O[Si](C)(C)C(C)(C)C)CCC[C@@]32C)OC1=O. The minimum Gasteiger partial charge on any atom is -0.459 e. The number of esters is 1. The topological polar surface area (TPSA) is 35.5 Å². The minimum absolute atomic E-state index is 0.0421. The van der Waals surface area contributed by atoms with Gasteiger partial charge in [0, 0.05) is 18.1 Å². The molecule has 2 saturated carbocycles. The second-order valence-electron chi connectivity index (χ2n) is 11.7. The summed E-state index contributed by atoms with van der Waals surface area (Å²) >= 11 is 0. The van der Waals surface area contributed by atoms with E-state index in [1.54, 1.807) is 0 Å². The predicted molar refractivity (Wildman–Crippen MR) is 118 cm³/mol. The van der Waals surface area contributed by atoms with Gasteiger partial charge < -0.3 is 9.16 Å². The summed E-state index contributed by atoms with van der Waals surface area (Å²) in [5.74, 6) is 1.78. The van der Waals surface area contributed by atoms with Crippen molar-refractivity contribution in [2.45, 2.75) is 110 Å². The van der Waals surface area contributed by atoms with Gasteiger partial charge in [0.1, 0.15) is 6.10 Å². The smallest absolute Gasteiger partial charge is 0.333 e. The van der Waals surface area contributed by atoms with Crippen molar-refractivity contribution in [3.8, 4) is 0 Å². The normalized spacial score (nSPS) is 37.7. The Bertz CT molecular complexity index is 604. The van der Waals surface area contributed by atoms with Crippen LogP contribution in [0.4, 0.5) is 0 Å². The molecule has 2 aliphatic carbocycles. The molecule has 1 heterocycles. The van der Waals surface area contributed by atoms with E-state index in [9.17, 15) is 4.79 Å². The van der Waals surface area contributed by atoms with Gasteiger partial charge >= 0.3 is 5.97 Å². The number of carbonyl (C=O) groups is 1. The van der Waals surface area contributed by atoms with Crippen LogP contribution < -0.4 is 0 Å². The number of rotatable bonds is 5. The molecule has 0 radical (unpaired) electrons. The first-order chi connectivity index (χ1) is 12.8. The average Bonchev–Trinajstić information content (AvgIpc) is 3.06. The third kappa shape index (κ3) is 4.01. The Morgan fingerprint density at radius 1 is 1.29 bits per heavy atom. The summed E-state index contributed by atoms with van der Waals surface area (Å²) in [6.45, 7) is 20.6. The first-order valence-corrected chi connectivity index (χ1v) is 14.3. The molecule has 4 heteroatoms. The fourth-order valence-corrected chi connectivity index (χ4v) is 7.53. The van der Waals surface area contributed by atoms with Gasteiger partial charge in [-0.05, 0) is 73.4 Å². The summed E-state index contributed by atoms with van der Waals surface area (Å²) in [6, 6.07) is 0. The molecule has 0 aromatic rings. The minimum atomic E-state index is -1.75. The van der Waals surface area contributed by atoms with Crippen LogP contribution in [0.25, 0.3) is 0 Å². The van der Waals surface area contributed by atoms with Gasteiger partial charge in [-0.3, -0.25) is 0 Å². The number of hydrogen-bond acceptors (Lipinski definition) is 3. The van der Waals surface area contributed by atoms with Crippen molar-refractivity contribution in [2.24, 2.45) is 23.2 Å². The largest absolute Gasteiger partial charge is 0.459 e. The number of ether oxygens (including phenoxy) is 1. The number of fused-ring (bicyclic) bond motifs is 1. The van der Waals surface area contributed by atoms with E-state index in [2.05, 4.69) is 54.3 Å². The first kappa shape index (κ1) is 22.1. The maximum Gasteiger partial charge on any atom is 0.333 e. The molecule has 3 rings (SSSR count). The Morgan fingerprint density at radius 2 is 1.96 bits per heavy atom. The highest BCUT2D eigenvalue weighted by molar-refractivity contribution is 6.74. The fourth-order valence-electron chi connectivity index (χ4n) is 6.14. The Morgan fingerprint density at radius 3 is 2.54 bits per heavy atom. The van der Waals surface area contributed by atoms with Gasteiger partial charge in [0.25, 0.3) is 0 Å². The zero-order valence-corrected chi connectivity index (χ0v) is 20.3. The van der Waals surface area contributed by atoms with Gasteiger partial charge in [0.2, 0.25) is 0 Å². The summed E-state index contributed by atoms with van der Waals surface area (Å²) in [4.78, 5) is 11.7. The fraction of sp³-hybridized carbons (Fsp3) is 0.875. The second-order valence-corrected chi connectivity index (χ2v) is 16.4. The van der Waals surface area contributed by atoms with E-state index >= 15 is 0 Å². The zero-order valence-electron chi connectivity index (χ0n) is 19.3. The number of carbonyl (C=O) groups excluding carboxylic acids is 1. The van der Waals surface area contributed by atoms with Gasteiger partial charge in [0.15, 0.2) is 8.32 Å². The van der Waals surface area contributed by atoms with Crippen LogP contribution in [0.5, 0.6) is 0 Å². The predicted octanol–water partition coefficient (Wildman–Crippen LogP) is 6.49. The molecule has 0 N–H and O–H groups in total. The lowest BCUT2D eigenvalue weighted by atomic mass is 9.61. The molecule has 0 aromatic heterocycles. The number of cyclic esters (lactones) is 1. The molecule has 160 valence electrons. The molecule has 1 saturated heterocycles. The molecular formula is C24H42O3Si. The lowest BCUT2D eigenvalue weighted by Crippen LogP contribution is -2.50. The van der Waals surface area contributed by atoms with Crippen molar-refractivity contribution in [1.29, 1.82) is 0 Å². The molecule has 0 amide bonds. The molecule has 2 unspecified atom stereocenters. The van der Waals surface area contributed by atoms with Crippen LogP contribution in [-0.2, 0) is 14.0 Å². The molecule has 3 aliphatic rings. The molecule has 1 aliphatic heterocycles. The van der Waals surface area contributed by atoms with E-state index in [0.717, 1.165) is 6.42 Å². The highest BCUT2D eigenvalue weighted by Gasteiger charge is 2.54. The van der Waals surface area contributed by atoms with Gasteiger partial charge in [-0.1, -0.05) is 47.6 Å². The van der Waals surface area contributed by atoms with E-state index in [1.165, 1.54) is 32.1 Å². The maximum atomic E-state index is 11.7. The van der Waals surface area contributed by atoms with Gasteiger partial charge in [-0.25, -0.2) is 4.79 Å². The van der Waals surface area contributed by atoms with Crippen molar-refractivity contribution < 1.29 is 14.0 Å². The van der Waals surface area contributed by atoms with Crippen LogP contribution in [-0.4, -0.2) is 26.5 Å². The lowest BCUT2D eigenvalue weighted by Gasteiger charge is -2.50. The summed E-state index contributed by atoms with van der Waals surface area (Å²) in [6.07, 6.45) is 8.59. The Labute approximate surface area is 173 Å². The maximum absolute atomic E-state index is 11.7. The van der Waals surface area contributed by atoms with E-state index in [1.807, 2.05) is 0 Å². The van der Waals surface area contributed by atoms with Gasteiger partial charge in [-0.15, -0.1) is 0 Å². The van der Waals surface area contributed by atoms with Crippen LogP contribution in [0.15, 0.2) is 12.2 Å². The van der Waals surface area contributed by atoms with Crippen LogP contribution in [0.1, 0.15) is 79.6 Å². The van der Waals surface area contributed by atoms with Crippen molar-refractivity contribution in [3.63, 3.8) is 0 Å². The Hall–Kier alpha value is -0.613. The van der Waals surface area contributed by atoms with Gasteiger partial charge in [-0.2, -0.15) is 0 Å². The highest BCUT2D eigenvalue weighted by atomic mass is 28.4. The molecule has 6 atom stereocenters. The molecular weight excluding hydrogens is 364 g/mol. The van der Waals surface area contributed by atoms with Crippen molar-refractivity contribution in [3.05, 3.63) is 12.2 Å². The average molecular weight is 407 g/mol. The van der Waals surface area contributed by atoms with Crippen molar-refractivity contribution in [1.82, 2.24) is 0 Å². The molecule has 0 bridgehead atoms. The summed E-state index contributed by atoms with van der Waals surface area (Å²) in [5.41, 5.74) is 1.01. The van der Waals surface area contributed by atoms with E-state index < -0.39 is 8.32 Å². The monoisotopic (exact) mass is 406 g/mol. The van der Waals surface area contributed by atoms with E-state index in [4.69, 9.17) is 9.16 Å². The summed E-state index contributed by atoms with van der Waals surface area (Å²) in [5, 5.41) is 0.265. The molecule has 3 nitrogen and oxygen atoms in total. The van der Waals surface area contributed by atoms with E-state index in [0.29, 0.717) is 41.3 Å². The standard InChI is InChI=1S/C24H42O3Si/c1-16(14-18-15-17(2)22(25)26-18)19-11-12-20-21(10-9-13-24(19,20)6)27-28(7,8)23(3,4)5/h16,18-21H,2,9-15H2,1,3-8H3/t16-,18+,19-,20?,21?,24-/m1/s1. The van der Waals surface area contributed by atoms with Crippen molar-refractivity contribution >= 4 is 14.3 Å². The zero-order chi connectivity index (χ0) is 20.9. The summed E-state index contributed by atoms with van der Waals surface area (Å²) in [7, 11) is -1.75.